The van der Waals surface area contributed by atoms with Crippen molar-refractivity contribution in [1.82, 2.24) is 5.32 Å². The van der Waals surface area contributed by atoms with Crippen LogP contribution in [0.25, 0.3) is 0 Å². The standard InChI is InChI=1S/C6H13NO4/c1-7-6(10)5(9)4(3-8)11-2/h4-5,8-9H,3H2,1-2H3,(H,7,10)/t4-,5-/m1/s1. The molecule has 0 heterocycles. The molecule has 2 atom stereocenters. The zero-order chi connectivity index (χ0) is 8.85. The van der Waals surface area contributed by atoms with E-state index < -0.39 is 18.1 Å². The van der Waals surface area contributed by atoms with E-state index in [0.29, 0.717) is 0 Å². The van der Waals surface area contributed by atoms with Crippen LogP contribution in [0.1, 0.15) is 0 Å². The number of likely N-dealkylation sites (N-methyl/N-ethyl adjacent to an activating group) is 1. The summed E-state index contributed by atoms with van der Waals surface area (Å²) in [5, 5.41) is 19.9. The average Bonchev–Trinajstić information content (AvgIpc) is 2.05. The van der Waals surface area contributed by atoms with E-state index in [9.17, 15) is 4.79 Å². The second-order valence-electron chi connectivity index (χ2n) is 2.02. The quantitative estimate of drug-likeness (QED) is 0.452. The molecule has 0 radical (unpaired) electrons. The van der Waals surface area contributed by atoms with Crippen molar-refractivity contribution in [3.63, 3.8) is 0 Å². The van der Waals surface area contributed by atoms with Crippen LogP contribution >= 0.6 is 0 Å². The van der Waals surface area contributed by atoms with Gasteiger partial charge in [-0.15, -0.1) is 0 Å². The van der Waals surface area contributed by atoms with E-state index in [0.717, 1.165) is 0 Å². The van der Waals surface area contributed by atoms with Crippen LogP contribution in [0.15, 0.2) is 0 Å². The van der Waals surface area contributed by atoms with Crippen LogP contribution in [-0.2, 0) is 9.53 Å². The van der Waals surface area contributed by atoms with Crippen LogP contribution in [0.2, 0.25) is 0 Å². The number of hydrogen-bond acceptors (Lipinski definition) is 4. The number of carbonyl (C=O) groups excluding carboxylic acids is 1. The highest BCUT2D eigenvalue weighted by molar-refractivity contribution is 5.80. The highest BCUT2D eigenvalue weighted by atomic mass is 16.5. The Morgan fingerprint density at radius 1 is 1.73 bits per heavy atom. The van der Waals surface area contributed by atoms with Gasteiger partial charge in [0.1, 0.15) is 6.10 Å². The molecule has 0 rings (SSSR count). The zero-order valence-electron chi connectivity index (χ0n) is 6.57. The minimum absolute atomic E-state index is 0.384. The number of amides is 1. The average molecular weight is 163 g/mol. The number of methoxy groups -OCH3 is 1. The van der Waals surface area contributed by atoms with Gasteiger partial charge in [0.05, 0.1) is 6.61 Å². The summed E-state index contributed by atoms with van der Waals surface area (Å²) in [5.41, 5.74) is 0. The lowest BCUT2D eigenvalue weighted by atomic mass is 10.2. The molecule has 0 aromatic rings. The van der Waals surface area contributed by atoms with E-state index in [1.165, 1.54) is 14.2 Å². The summed E-state index contributed by atoms with van der Waals surface area (Å²) >= 11 is 0. The Hall–Kier alpha value is -0.650. The molecule has 0 bridgehead atoms. The zero-order valence-corrected chi connectivity index (χ0v) is 6.57. The van der Waals surface area contributed by atoms with Gasteiger partial charge in [-0.2, -0.15) is 0 Å². The molecule has 0 aromatic carbocycles. The van der Waals surface area contributed by atoms with Crippen molar-refractivity contribution in [2.75, 3.05) is 20.8 Å². The van der Waals surface area contributed by atoms with E-state index in [-0.39, 0.29) is 6.61 Å². The molecule has 0 saturated carbocycles. The Bertz CT molecular complexity index is 124. The minimum atomic E-state index is -1.31. The summed E-state index contributed by atoms with van der Waals surface area (Å²) in [4.78, 5) is 10.7. The molecule has 0 saturated heterocycles. The van der Waals surface area contributed by atoms with Crippen LogP contribution in [0.3, 0.4) is 0 Å². The van der Waals surface area contributed by atoms with Crippen molar-refractivity contribution in [2.45, 2.75) is 12.2 Å². The van der Waals surface area contributed by atoms with Crippen molar-refractivity contribution in [3.8, 4) is 0 Å². The SMILES string of the molecule is CNC(=O)[C@H](O)[C@@H](CO)OC. The lowest BCUT2D eigenvalue weighted by molar-refractivity contribution is -0.138. The molecule has 0 spiro atoms. The van der Waals surface area contributed by atoms with Crippen LogP contribution < -0.4 is 5.32 Å². The summed E-state index contributed by atoms with van der Waals surface area (Å²) in [6.07, 6.45) is -2.16. The summed E-state index contributed by atoms with van der Waals surface area (Å²) in [7, 11) is 2.71. The van der Waals surface area contributed by atoms with Gasteiger partial charge in [0.2, 0.25) is 0 Å². The number of aliphatic hydroxyl groups excluding tert-OH is 2. The van der Waals surface area contributed by atoms with Gasteiger partial charge in [-0.1, -0.05) is 0 Å². The van der Waals surface area contributed by atoms with Gasteiger partial charge in [0, 0.05) is 14.2 Å². The molecular weight excluding hydrogens is 150 g/mol. The van der Waals surface area contributed by atoms with E-state index in [2.05, 4.69) is 10.1 Å². The maximum atomic E-state index is 10.7. The predicted molar refractivity (Wildman–Crippen MR) is 38.0 cm³/mol. The first-order valence-corrected chi connectivity index (χ1v) is 3.20. The third-order valence-corrected chi connectivity index (χ3v) is 1.35. The number of rotatable bonds is 4. The third-order valence-electron chi connectivity index (χ3n) is 1.35. The number of hydrogen-bond donors (Lipinski definition) is 3. The topological polar surface area (TPSA) is 78.8 Å². The van der Waals surface area contributed by atoms with Crippen molar-refractivity contribution < 1.29 is 19.7 Å². The summed E-state index contributed by atoms with van der Waals surface area (Å²) in [6.45, 7) is -0.384. The number of aliphatic hydroxyl groups is 2. The fraction of sp³-hybridized carbons (Fsp3) is 0.833. The first-order chi connectivity index (χ1) is 5.17. The molecule has 0 aromatic heterocycles. The summed E-state index contributed by atoms with van der Waals surface area (Å²) in [6, 6.07) is 0. The van der Waals surface area contributed by atoms with Crippen LogP contribution in [0.5, 0.6) is 0 Å². The fourth-order valence-corrected chi connectivity index (χ4v) is 0.620. The van der Waals surface area contributed by atoms with E-state index in [1.807, 2.05) is 0 Å². The van der Waals surface area contributed by atoms with Gasteiger partial charge in [0.15, 0.2) is 6.10 Å². The first-order valence-electron chi connectivity index (χ1n) is 3.20. The minimum Gasteiger partial charge on any atom is -0.394 e. The van der Waals surface area contributed by atoms with Crippen LogP contribution in [0.4, 0.5) is 0 Å². The molecule has 0 aliphatic carbocycles. The predicted octanol–water partition coefficient (Wildman–Crippen LogP) is -1.90. The highest BCUT2D eigenvalue weighted by Crippen LogP contribution is 1.96. The lowest BCUT2D eigenvalue weighted by Crippen LogP contribution is -2.43. The Labute approximate surface area is 65.0 Å². The molecule has 0 unspecified atom stereocenters. The van der Waals surface area contributed by atoms with Crippen LogP contribution in [-0.4, -0.2) is 49.1 Å². The molecule has 0 aliphatic heterocycles. The lowest BCUT2D eigenvalue weighted by Gasteiger charge is -2.17. The van der Waals surface area contributed by atoms with E-state index in [4.69, 9.17) is 10.2 Å². The van der Waals surface area contributed by atoms with Crippen molar-refractivity contribution >= 4 is 5.91 Å². The Morgan fingerprint density at radius 3 is 2.55 bits per heavy atom. The Kier molecular flexibility index (Phi) is 4.76. The van der Waals surface area contributed by atoms with Gasteiger partial charge in [0.25, 0.3) is 5.91 Å². The number of nitrogens with one attached hydrogen (secondary N) is 1. The molecule has 11 heavy (non-hydrogen) atoms. The molecule has 0 aliphatic rings. The second-order valence-corrected chi connectivity index (χ2v) is 2.02. The van der Waals surface area contributed by atoms with Gasteiger partial charge in [-0.25, -0.2) is 0 Å². The van der Waals surface area contributed by atoms with E-state index in [1.54, 1.807) is 0 Å². The molecule has 3 N–H and O–H groups in total. The number of carbonyl (C=O) groups is 1. The van der Waals surface area contributed by atoms with Crippen molar-refractivity contribution in [1.29, 1.82) is 0 Å². The highest BCUT2D eigenvalue weighted by Gasteiger charge is 2.23. The van der Waals surface area contributed by atoms with Crippen molar-refractivity contribution in [3.05, 3.63) is 0 Å². The molecule has 1 amide bonds. The molecule has 0 fully saturated rings. The van der Waals surface area contributed by atoms with Gasteiger partial charge >= 0.3 is 0 Å². The summed E-state index contributed by atoms with van der Waals surface area (Å²) in [5.74, 6) is -0.564. The van der Waals surface area contributed by atoms with Gasteiger partial charge < -0.3 is 20.3 Å². The maximum Gasteiger partial charge on any atom is 0.251 e. The number of ether oxygens (including phenoxy) is 1. The second kappa shape index (κ2) is 5.06. The van der Waals surface area contributed by atoms with Crippen LogP contribution in [0, 0.1) is 0 Å². The first kappa shape index (κ1) is 10.3. The monoisotopic (exact) mass is 163 g/mol. The molecule has 66 valence electrons. The largest absolute Gasteiger partial charge is 0.394 e. The van der Waals surface area contributed by atoms with Gasteiger partial charge in [-0.05, 0) is 0 Å². The summed E-state index contributed by atoms with van der Waals surface area (Å²) < 4.78 is 4.62. The molecular formula is C6H13NO4. The maximum absolute atomic E-state index is 10.7. The fourth-order valence-electron chi connectivity index (χ4n) is 0.620. The third kappa shape index (κ3) is 2.83. The normalized spacial score (nSPS) is 15.6. The molecule has 5 nitrogen and oxygen atoms in total. The Balaban J connectivity index is 3.97. The smallest absolute Gasteiger partial charge is 0.251 e. The van der Waals surface area contributed by atoms with Gasteiger partial charge in [-0.3, -0.25) is 4.79 Å². The Morgan fingerprint density at radius 2 is 2.27 bits per heavy atom. The van der Waals surface area contributed by atoms with E-state index >= 15 is 0 Å². The van der Waals surface area contributed by atoms with Crippen molar-refractivity contribution in [2.24, 2.45) is 0 Å². The molecule has 5 heteroatoms.